The number of hydrogen-bond acceptors (Lipinski definition) is 4. The van der Waals surface area contributed by atoms with Crippen LogP contribution in [0, 0.1) is 16.7 Å². The van der Waals surface area contributed by atoms with Gasteiger partial charge in [-0.2, -0.15) is 10.4 Å². The summed E-state index contributed by atoms with van der Waals surface area (Å²) in [6.07, 6.45) is 0. The van der Waals surface area contributed by atoms with Crippen LogP contribution in [0.1, 0.15) is 50.7 Å². The van der Waals surface area contributed by atoms with Gasteiger partial charge in [-0.1, -0.05) is 43.6 Å². The highest BCUT2D eigenvalue weighted by Gasteiger charge is 2.15. The van der Waals surface area contributed by atoms with Crippen molar-refractivity contribution in [3.05, 3.63) is 27.7 Å². The van der Waals surface area contributed by atoms with Gasteiger partial charge in [0.05, 0.1) is 5.69 Å². The fraction of sp³-hybridized carbons (Fsp3) is 0.400. The number of benzene rings is 1. The highest BCUT2D eigenvalue weighted by atomic mass is 79.9. The second kappa shape index (κ2) is 7.23. The molecule has 0 spiro atoms. The molecule has 0 unspecified atom stereocenters. The van der Waals surface area contributed by atoms with Crippen molar-refractivity contribution < 1.29 is 0 Å². The molecule has 0 saturated carbocycles. The maximum Gasteiger partial charge on any atom is 0.201 e. The predicted octanol–water partition coefficient (Wildman–Crippen LogP) is 3.92. The van der Waals surface area contributed by atoms with Gasteiger partial charge in [-0.3, -0.25) is 10.8 Å². The third kappa shape index (κ3) is 4.30. The average molecular weight is 350 g/mol. The quantitative estimate of drug-likeness (QED) is 0.426. The van der Waals surface area contributed by atoms with Crippen LogP contribution in [0.3, 0.4) is 0 Å². The number of rotatable bonds is 5. The zero-order valence-electron chi connectivity index (χ0n) is 12.7. The van der Waals surface area contributed by atoms with Gasteiger partial charge in [0.15, 0.2) is 5.84 Å². The molecular formula is C15H20BrN5. The summed E-state index contributed by atoms with van der Waals surface area (Å²) in [6, 6.07) is 5.88. The monoisotopic (exact) mass is 349 g/mol. The first-order valence-electron chi connectivity index (χ1n) is 6.69. The van der Waals surface area contributed by atoms with E-state index >= 15 is 0 Å². The molecule has 6 heteroatoms. The molecule has 1 aromatic carbocycles. The van der Waals surface area contributed by atoms with Gasteiger partial charge < -0.3 is 5.73 Å². The van der Waals surface area contributed by atoms with Crippen LogP contribution in [0.25, 0.3) is 0 Å². The molecule has 21 heavy (non-hydrogen) atoms. The van der Waals surface area contributed by atoms with Crippen molar-refractivity contribution in [2.75, 3.05) is 5.43 Å². The fourth-order valence-corrected chi connectivity index (χ4v) is 2.44. The molecule has 0 atom stereocenters. The first-order chi connectivity index (χ1) is 9.77. The Morgan fingerprint density at radius 1 is 1.29 bits per heavy atom. The molecule has 4 N–H and O–H groups in total. The van der Waals surface area contributed by atoms with Crippen LogP contribution >= 0.6 is 15.9 Å². The maximum atomic E-state index is 8.93. The van der Waals surface area contributed by atoms with Gasteiger partial charge in [0.2, 0.25) is 5.71 Å². The molecule has 0 amide bonds. The number of amidine groups is 1. The second-order valence-electron chi connectivity index (χ2n) is 5.37. The van der Waals surface area contributed by atoms with Gasteiger partial charge in [0.25, 0.3) is 0 Å². The first-order valence-corrected chi connectivity index (χ1v) is 7.48. The van der Waals surface area contributed by atoms with Crippen LogP contribution < -0.4 is 11.2 Å². The van der Waals surface area contributed by atoms with E-state index in [1.807, 2.05) is 18.2 Å². The summed E-state index contributed by atoms with van der Waals surface area (Å²) < 4.78 is 1.01. The normalized spacial score (nSPS) is 11.6. The summed E-state index contributed by atoms with van der Waals surface area (Å²) in [5.41, 5.74) is 11.2. The fourth-order valence-electron chi connectivity index (χ4n) is 1.95. The Balaban J connectivity index is 3.39. The number of nitrogens with zero attached hydrogens (tertiary/aromatic N) is 2. The minimum atomic E-state index is -0.348. The highest BCUT2D eigenvalue weighted by Crippen LogP contribution is 2.35. The minimum absolute atomic E-state index is 0.123. The smallest absolute Gasteiger partial charge is 0.201 e. The third-order valence-electron chi connectivity index (χ3n) is 3.05. The summed E-state index contributed by atoms with van der Waals surface area (Å²) in [7, 11) is 0. The topological polar surface area (TPSA) is 98.0 Å². The summed E-state index contributed by atoms with van der Waals surface area (Å²) in [5, 5.41) is 20.2. The van der Waals surface area contributed by atoms with Gasteiger partial charge in [0.1, 0.15) is 6.07 Å². The first kappa shape index (κ1) is 17.2. The molecule has 0 fully saturated rings. The summed E-state index contributed by atoms with van der Waals surface area (Å²) in [4.78, 5) is 0. The average Bonchev–Trinajstić information content (AvgIpc) is 2.39. The molecule has 0 bridgehead atoms. The molecule has 1 aromatic rings. The largest absolute Gasteiger partial charge is 0.382 e. The van der Waals surface area contributed by atoms with E-state index in [1.165, 1.54) is 0 Å². The van der Waals surface area contributed by atoms with Crippen LogP contribution in [0.2, 0.25) is 0 Å². The Morgan fingerprint density at radius 2 is 1.76 bits per heavy atom. The number of nitrogens with two attached hydrogens (primary N) is 1. The number of halogens is 1. The molecule has 5 nitrogen and oxygen atoms in total. The van der Waals surface area contributed by atoms with Gasteiger partial charge in [-0.25, -0.2) is 0 Å². The van der Waals surface area contributed by atoms with Crippen molar-refractivity contribution in [3.8, 4) is 6.07 Å². The molecular weight excluding hydrogens is 330 g/mol. The van der Waals surface area contributed by atoms with Gasteiger partial charge >= 0.3 is 0 Å². The van der Waals surface area contributed by atoms with E-state index in [0.717, 1.165) is 21.3 Å². The molecule has 0 aliphatic rings. The van der Waals surface area contributed by atoms with E-state index in [9.17, 15) is 0 Å². The lowest BCUT2D eigenvalue weighted by atomic mass is 9.93. The van der Waals surface area contributed by atoms with E-state index in [-0.39, 0.29) is 11.5 Å². The number of nitrogens with one attached hydrogen (secondary N) is 2. The van der Waals surface area contributed by atoms with Crippen LogP contribution in [0.5, 0.6) is 0 Å². The molecule has 0 heterocycles. The summed E-state index contributed by atoms with van der Waals surface area (Å²) in [6.45, 7) is 8.38. The molecule has 0 saturated heterocycles. The number of hydrogen-bond donors (Lipinski definition) is 3. The van der Waals surface area contributed by atoms with Crippen LogP contribution in [0.4, 0.5) is 5.69 Å². The summed E-state index contributed by atoms with van der Waals surface area (Å²) >= 11 is 3.53. The molecule has 112 valence electrons. The number of hydrazone groups is 1. The maximum absolute atomic E-state index is 8.93. The Morgan fingerprint density at radius 3 is 2.10 bits per heavy atom. The van der Waals surface area contributed by atoms with Crippen molar-refractivity contribution in [3.63, 3.8) is 0 Å². The van der Waals surface area contributed by atoms with Crippen molar-refractivity contribution in [1.29, 1.82) is 10.7 Å². The second-order valence-corrected chi connectivity index (χ2v) is 6.28. The Labute approximate surface area is 133 Å². The predicted molar refractivity (Wildman–Crippen MR) is 90.9 cm³/mol. The van der Waals surface area contributed by atoms with Crippen molar-refractivity contribution in [2.24, 2.45) is 10.8 Å². The molecule has 0 aromatic heterocycles. The van der Waals surface area contributed by atoms with Gasteiger partial charge in [0, 0.05) is 4.47 Å². The van der Waals surface area contributed by atoms with Crippen LogP contribution in [0.15, 0.2) is 21.7 Å². The lowest BCUT2D eigenvalue weighted by Crippen LogP contribution is -2.22. The molecule has 0 aliphatic heterocycles. The molecule has 0 radical (unpaired) electrons. The zero-order chi connectivity index (χ0) is 16.2. The van der Waals surface area contributed by atoms with E-state index in [4.69, 9.17) is 16.4 Å². The van der Waals surface area contributed by atoms with Crippen molar-refractivity contribution in [2.45, 2.75) is 39.5 Å². The third-order valence-corrected chi connectivity index (χ3v) is 3.51. The van der Waals surface area contributed by atoms with Crippen molar-refractivity contribution >= 4 is 33.2 Å². The SMILES string of the molecule is CC(C)c1cc(Br)cc(C(C)C)c1N/N=C(\C#N)C(=N)N. The number of nitriles is 1. The van der Waals surface area contributed by atoms with E-state index in [1.54, 1.807) is 0 Å². The van der Waals surface area contributed by atoms with Crippen molar-refractivity contribution in [1.82, 2.24) is 0 Å². The Kier molecular flexibility index (Phi) is 5.91. The lowest BCUT2D eigenvalue weighted by molar-refractivity contribution is 0.833. The standard InChI is InChI=1S/C15H20BrN5/c1-8(2)11-5-10(16)6-12(9(3)4)14(11)21-20-13(7-17)15(18)19/h5-6,8-9,21H,1-4H3,(H3,18,19)/b20-13+. The molecule has 0 aliphatic carbocycles. The van der Waals surface area contributed by atoms with Gasteiger partial charge in [-0.15, -0.1) is 0 Å². The van der Waals surface area contributed by atoms with Gasteiger partial charge in [-0.05, 0) is 35.1 Å². The minimum Gasteiger partial charge on any atom is -0.382 e. The summed E-state index contributed by atoms with van der Waals surface area (Å²) in [5.74, 6) is 0.237. The van der Waals surface area contributed by atoms with Crippen LogP contribution in [-0.4, -0.2) is 11.5 Å². The zero-order valence-corrected chi connectivity index (χ0v) is 14.2. The van der Waals surface area contributed by atoms with Crippen LogP contribution in [-0.2, 0) is 0 Å². The molecule has 1 rings (SSSR count). The number of anilines is 1. The van der Waals surface area contributed by atoms with E-state index in [0.29, 0.717) is 11.8 Å². The Bertz CT molecular complexity index is 582. The highest BCUT2D eigenvalue weighted by molar-refractivity contribution is 9.10. The Hall–Kier alpha value is -1.87. The van der Waals surface area contributed by atoms with E-state index in [2.05, 4.69) is 54.2 Å². The van der Waals surface area contributed by atoms with E-state index < -0.39 is 0 Å². The lowest BCUT2D eigenvalue weighted by Gasteiger charge is -2.19.